The van der Waals surface area contributed by atoms with Gasteiger partial charge in [0.15, 0.2) is 0 Å². The highest BCUT2D eigenvalue weighted by Crippen LogP contribution is 2.57. The minimum Gasteiger partial charge on any atom is -0.0654 e. The number of hydrogen-bond acceptors (Lipinski definition) is 0. The molecule has 0 heteroatoms. The second-order valence-corrected chi connectivity index (χ2v) is 40.9. The van der Waals surface area contributed by atoms with Gasteiger partial charge in [0, 0.05) is 0 Å². The van der Waals surface area contributed by atoms with Crippen LogP contribution in [0.25, 0.3) is 0 Å². The van der Waals surface area contributed by atoms with E-state index in [1.807, 2.05) is 0 Å². The van der Waals surface area contributed by atoms with E-state index in [-0.39, 0.29) is 0 Å². The zero-order chi connectivity index (χ0) is 83.5. The van der Waals surface area contributed by atoms with Crippen LogP contribution < -0.4 is 0 Å². The molecule has 0 heterocycles. The van der Waals surface area contributed by atoms with Crippen LogP contribution in [0, 0.1) is 23.2 Å². The highest BCUT2D eigenvalue weighted by molar-refractivity contribution is 4.98. The van der Waals surface area contributed by atoms with Crippen molar-refractivity contribution in [2.45, 2.75) is 723 Å². The summed E-state index contributed by atoms with van der Waals surface area (Å²) in [5.41, 5.74) is 0.521. The Bertz CT molecular complexity index is 1660. The van der Waals surface area contributed by atoms with E-state index in [1.54, 1.807) is 51.4 Å². The molecule has 4 unspecified atom stereocenters. The van der Waals surface area contributed by atoms with Gasteiger partial charge < -0.3 is 0 Å². The monoisotopic (exact) mass is 1630 g/mol. The summed E-state index contributed by atoms with van der Waals surface area (Å²) in [5.74, 6) is 2.81. The van der Waals surface area contributed by atoms with Crippen molar-refractivity contribution < 1.29 is 0 Å². The molecule has 0 spiro atoms. The summed E-state index contributed by atoms with van der Waals surface area (Å²) >= 11 is 0. The highest BCUT2D eigenvalue weighted by atomic mass is 14.5. The van der Waals surface area contributed by atoms with Crippen LogP contribution in [0.3, 0.4) is 0 Å². The summed E-state index contributed by atoms with van der Waals surface area (Å²) in [5, 5.41) is 0. The lowest BCUT2D eigenvalue weighted by molar-refractivity contribution is -0.0421. The van der Waals surface area contributed by atoms with E-state index in [0.717, 1.165) is 17.8 Å². The Morgan fingerprint density at radius 2 is 0.172 bits per heavy atom. The molecule has 0 bridgehead atoms. The van der Waals surface area contributed by atoms with E-state index >= 15 is 0 Å². The summed E-state index contributed by atoms with van der Waals surface area (Å²) < 4.78 is 0. The molecule has 0 aromatic rings. The average Bonchev–Trinajstić information content (AvgIpc) is 0.768. The fraction of sp³-hybridized carbons (Fsp3) is 1.00. The molecule has 0 aromatic carbocycles. The lowest BCUT2D eigenvalue weighted by Crippen LogP contribution is -2.45. The lowest BCUT2D eigenvalue weighted by Gasteiger charge is -2.53. The van der Waals surface area contributed by atoms with Crippen LogP contribution >= 0.6 is 0 Å². The first-order valence-corrected chi connectivity index (χ1v) is 57.6. The number of rotatable bonds is 108. The number of hydrogen-bond donors (Lipinski definition) is 0. The van der Waals surface area contributed by atoms with Crippen molar-refractivity contribution in [2.75, 3.05) is 0 Å². The van der Waals surface area contributed by atoms with E-state index in [9.17, 15) is 0 Å². The third kappa shape index (κ3) is 84.8. The molecular formula is C116H234. The average molecular weight is 1630 g/mol. The standard InChI is InChI=1S/C116H234/c1-8-15-22-29-36-43-49-53-57-61-64-68-72-77-83-90-97-104-111-115(110-103-94-87-80-74-69-65-60-56-52-46-39-32-25-18-11-4)116(112-105-98-91-84-42-35-28-21-14-7,113(106-99-92-85-78-48-41-34-27-20-13-6)108-101-95-88-81-75-70-66-62-58-54-50-44-37-30-23-16-9-2)114(107-100-93-86-79-73-47-40-33-26-19-12-5)109-102-96-89-82-76-71-67-63-59-55-51-45-38-31-24-17-10-3/h113-115H,8-112H2,1-7H3. The second kappa shape index (κ2) is 104. The van der Waals surface area contributed by atoms with Gasteiger partial charge in [0.05, 0.1) is 0 Å². The molecule has 0 saturated carbocycles. The highest BCUT2D eigenvalue weighted by Gasteiger charge is 2.48. The minimum absolute atomic E-state index is 0.521. The summed E-state index contributed by atoms with van der Waals surface area (Å²) in [4.78, 5) is 0. The molecule has 4 atom stereocenters. The van der Waals surface area contributed by atoms with Crippen molar-refractivity contribution in [3.05, 3.63) is 0 Å². The second-order valence-electron chi connectivity index (χ2n) is 40.9. The largest absolute Gasteiger partial charge is 0.0654 e. The molecule has 0 N–H and O–H groups in total. The fourth-order valence-electron chi connectivity index (χ4n) is 21.8. The van der Waals surface area contributed by atoms with E-state index < -0.39 is 0 Å². The van der Waals surface area contributed by atoms with E-state index in [0.29, 0.717) is 5.41 Å². The van der Waals surface area contributed by atoms with Gasteiger partial charge >= 0.3 is 0 Å². The Morgan fingerprint density at radius 3 is 0.267 bits per heavy atom. The SMILES string of the molecule is CCCCCCCCCCCCCCCCCCCCC(CCCCCCCCCCCCCCCCCC)C(CCCCCCCCCCC)(C(CCCCCCCCCCCC)CCCCCCCCCCCCCCCCCCC)C(CCCCCCCCCCCCC)CCCCCCCCCCCCCCCCCCC. The normalized spacial score (nSPS) is 13.3. The molecule has 0 amide bonds. The van der Waals surface area contributed by atoms with Crippen LogP contribution in [0.4, 0.5) is 0 Å². The van der Waals surface area contributed by atoms with Gasteiger partial charge in [-0.3, -0.25) is 0 Å². The smallest absolute Gasteiger partial charge is 0.0213 e. The first-order chi connectivity index (χ1) is 57.6. The molecular weight excluding hydrogens is 1390 g/mol. The Morgan fingerprint density at radius 1 is 0.0948 bits per heavy atom. The van der Waals surface area contributed by atoms with Crippen LogP contribution in [0.15, 0.2) is 0 Å². The van der Waals surface area contributed by atoms with Gasteiger partial charge in [0.2, 0.25) is 0 Å². The Balaban J connectivity index is 7.52. The van der Waals surface area contributed by atoms with E-state index in [2.05, 4.69) is 48.5 Å². The van der Waals surface area contributed by atoms with Crippen LogP contribution in [0.5, 0.6) is 0 Å². The number of unbranched alkanes of at least 4 members (excludes halogenated alkanes) is 91. The zero-order valence-corrected chi connectivity index (χ0v) is 83.5. The maximum Gasteiger partial charge on any atom is -0.0213 e. The van der Waals surface area contributed by atoms with E-state index in [1.165, 1.54) is 623 Å². The molecule has 0 saturated heterocycles. The van der Waals surface area contributed by atoms with Crippen molar-refractivity contribution in [1.82, 2.24) is 0 Å². The third-order valence-electron chi connectivity index (χ3n) is 29.7. The molecule has 0 nitrogen and oxygen atoms in total. The molecule has 0 aromatic heterocycles. The van der Waals surface area contributed by atoms with Gasteiger partial charge in [-0.25, -0.2) is 0 Å². The van der Waals surface area contributed by atoms with Crippen LogP contribution in [-0.4, -0.2) is 0 Å². The maximum absolute atomic E-state index is 2.41. The van der Waals surface area contributed by atoms with Crippen LogP contribution in [0.1, 0.15) is 723 Å². The van der Waals surface area contributed by atoms with Gasteiger partial charge in [-0.15, -0.1) is 0 Å². The van der Waals surface area contributed by atoms with Crippen LogP contribution in [0.2, 0.25) is 0 Å². The molecule has 0 aliphatic heterocycles. The molecule has 0 fully saturated rings. The van der Waals surface area contributed by atoms with Crippen molar-refractivity contribution in [1.29, 1.82) is 0 Å². The first kappa shape index (κ1) is 116. The molecule has 0 aliphatic carbocycles. The summed E-state index contributed by atoms with van der Waals surface area (Å²) in [6, 6.07) is 0. The molecule has 0 rings (SSSR count). The lowest BCUT2D eigenvalue weighted by atomic mass is 9.51. The Hall–Kier alpha value is 0. The predicted octanol–water partition coefficient (Wildman–Crippen LogP) is 44.9. The Labute approximate surface area is 741 Å². The van der Waals surface area contributed by atoms with Crippen molar-refractivity contribution >= 4 is 0 Å². The summed E-state index contributed by atoms with van der Waals surface area (Å²) in [7, 11) is 0. The first-order valence-electron chi connectivity index (χ1n) is 57.6. The summed E-state index contributed by atoms with van der Waals surface area (Å²) in [6.45, 7) is 16.6. The Kier molecular flexibility index (Phi) is 104. The van der Waals surface area contributed by atoms with Gasteiger partial charge in [0.1, 0.15) is 0 Å². The zero-order valence-electron chi connectivity index (χ0n) is 83.5. The third-order valence-corrected chi connectivity index (χ3v) is 29.7. The van der Waals surface area contributed by atoms with Crippen molar-refractivity contribution in [3.63, 3.8) is 0 Å². The molecule has 698 valence electrons. The van der Waals surface area contributed by atoms with Gasteiger partial charge in [-0.1, -0.05) is 678 Å². The summed E-state index contributed by atoms with van der Waals surface area (Å²) in [6.07, 6.45) is 157. The van der Waals surface area contributed by atoms with Gasteiger partial charge in [0.25, 0.3) is 0 Å². The topological polar surface area (TPSA) is 0 Å². The van der Waals surface area contributed by atoms with Crippen LogP contribution in [-0.2, 0) is 0 Å². The van der Waals surface area contributed by atoms with Gasteiger partial charge in [-0.05, 0) is 68.1 Å². The minimum atomic E-state index is 0.521. The van der Waals surface area contributed by atoms with E-state index in [4.69, 9.17) is 0 Å². The predicted molar refractivity (Wildman–Crippen MR) is 537 cm³/mol. The van der Waals surface area contributed by atoms with Crippen molar-refractivity contribution in [3.8, 4) is 0 Å². The van der Waals surface area contributed by atoms with Crippen molar-refractivity contribution in [2.24, 2.45) is 23.2 Å². The molecule has 116 heavy (non-hydrogen) atoms. The molecule has 0 aliphatic rings. The quantitative estimate of drug-likeness (QED) is 0.0533. The fourth-order valence-corrected chi connectivity index (χ4v) is 21.8. The molecule has 0 radical (unpaired) electrons. The maximum atomic E-state index is 2.41. The van der Waals surface area contributed by atoms with Gasteiger partial charge in [-0.2, -0.15) is 0 Å².